The quantitative estimate of drug-likeness (QED) is 0.507. The zero-order valence-electron chi connectivity index (χ0n) is 12.3. The fourth-order valence-electron chi connectivity index (χ4n) is 2.69. The molecular formula is C17H25FO. The number of ketones is 1. The van der Waals surface area contributed by atoms with Crippen molar-refractivity contribution >= 4 is 5.78 Å². The Kier molecular flexibility index (Phi) is 5.71. The normalized spacial score (nSPS) is 28.6. The maximum atomic E-state index is 14.4. The zero-order valence-corrected chi connectivity index (χ0v) is 12.3. The minimum absolute atomic E-state index is 0.0249. The lowest BCUT2D eigenvalue weighted by atomic mass is 9.75. The van der Waals surface area contributed by atoms with E-state index >= 15 is 0 Å². The first kappa shape index (κ1) is 15.9. The molecule has 0 bridgehead atoms. The van der Waals surface area contributed by atoms with E-state index in [0.29, 0.717) is 18.4 Å². The summed E-state index contributed by atoms with van der Waals surface area (Å²) in [5.41, 5.74) is 0.280. The zero-order chi connectivity index (χ0) is 14.5. The highest BCUT2D eigenvalue weighted by atomic mass is 19.1. The molecule has 0 aliphatic heterocycles. The Labute approximate surface area is 116 Å². The number of hydrogen-bond donors (Lipinski definition) is 0. The van der Waals surface area contributed by atoms with E-state index in [1.807, 2.05) is 19.9 Å². The second-order valence-electron chi connectivity index (χ2n) is 5.79. The highest BCUT2D eigenvalue weighted by Crippen LogP contribution is 2.39. The second-order valence-corrected chi connectivity index (χ2v) is 5.79. The highest BCUT2D eigenvalue weighted by Gasteiger charge is 2.37. The van der Waals surface area contributed by atoms with Crippen LogP contribution in [0.3, 0.4) is 0 Å². The van der Waals surface area contributed by atoms with Crippen molar-refractivity contribution in [3.05, 3.63) is 36.0 Å². The molecule has 0 spiro atoms. The van der Waals surface area contributed by atoms with Gasteiger partial charge in [-0.1, -0.05) is 37.1 Å². The molecule has 0 heterocycles. The number of carbonyl (C=O) groups is 1. The van der Waals surface area contributed by atoms with Gasteiger partial charge in [0.05, 0.1) is 0 Å². The van der Waals surface area contributed by atoms with Crippen LogP contribution in [0.5, 0.6) is 0 Å². The summed E-state index contributed by atoms with van der Waals surface area (Å²) in [5, 5.41) is 0. The molecule has 1 nitrogen and oxygen atoms in total. The molecule has 1 aliphatic rings. The maximum absolute atomic E-state index is 14.4. The molecule has 0 radical (unpaired) electrons. The van der Waals surface area contributed by atoms with Gasteiger partial charge >= 0.3 is 0 Å². The van der Waals surface area contributed by atoms with Gasteiger partial charge in [-0.2, -0.15) is 0 Å². The summed E-state index contributed by atoms with van der Waals surface area (Å²) in [6.07, 6.45) is 9.05. The molecule has 0 aromatic carbocycles. The molecule has 0 N–H and O–H groups in total. The molecule has 0 saturated heterocycles. The number of halogens is 1. The summed E-state index contributed by atoms with van der Waals surface area (Å²) >= 11 is 0. The van der Waals surface area contributed by atoms with Gasteiger partial charge in [0.1, 0.15) is 5.67 Å². The third-order valence-corrected chi connectivity index (χ3v) is 3.82. The molecule has 19 heavy (non-hydrogen) atoms. The number of hydrogen-bond acceptors (Lipinski definition) is 1. The van der Waals surface area contributed by atoms with Crippen LogP contribution < -0.4 is 0 Å². The largest absolute Gasteiger partial charge is 0.294 e. The molecule has 1 fully saturated rings. The predicted molar refractivity (Wildman–Crippen MR) is 78.8 cm³/mol. The fraction of sp³-hybridized carbons (Fsp3) is 0.588. The first-order valence-corrected chi connectivity index (χ1v) is 7.09. The standard InChI is InChI=1S/C17H25FO/c1-5-8-14(11-13(2)3)16(19)12-15-9-6-7-10-17(15,4)18/h5,8,11,15H,2,6-7,9-10,12H2,1,3-4H3. The number of Topliss-reactive ketones (excluding diaryl/α,β-unsaturated/α-hetero) is 1. The first-order valence-electron chi connectivity index (χ1n) is 7.09. The van der Waals surface area contributed by atoms with Gasteiger partial charge in [0, 0.05) is 12.0 Å². The molecule has 1 rings (SSSR count). The van der Waals surface area contributed by atoms with Crippen LogP contribution in [0.1, 0.15) is 52.9 Å². The fourth-order valence-corrected chi connectivity index (χ4v) is 2.69. The monoisotopic (exact) mass is 264 g/mol. The highest BCUT2D eigenvalue weighted by molar-refractivity contribution is 5.98. The van der Waals surface area contributed by atoms with Crippen molar-refractivity contribution in [1.29, 1.82) is 0 Å². The van der Waals surface area contributed by atoms with Crippen molar-refractivity contribution in [2.75, 3.05) is 0 Å². The van der Waals surface area contributed by atoms with Gasteiger partial charge in [-0.15, -0.1) is 0 Å². The van der Waals surface area contributed by atoms with E-state index < -0.39 is 5.67 Å². The lowest BCUT2D eigenvalue weighted by Gasteiger charge is -2.34. The summed E-state index contributed by atoms with van der Waals surface area (Å²) in [7, 11) is 0. The van der Waals surface area contributed by atoms with Crippen LogP contribution in [-0.4, -0.2) is 11.5 Å². The van der Waals surface area contributed by atoms with Gasteiger partial charge in [-0.3, -0.25) is 4.79 Å². The Balaban J connectivity index is 2.79. The number of rotatable bonds is 5. The van der Waals surface area contributed by atoms with Crippen LogP contribution in [0.25, 0.3) is 0 Å². The smallest absolute Gasteiger partial charge is 0.163 e. The molecule has 2 unspecified atom stereocenters. The lowest BCUT2D eigenvalue weighted by molar-refractivity contribution is -0.118. The third-order valence-electron chi connectivity index (χ3n) is 3.82. The van der Waals surface area contributed by atoms with E-state index in [1.165, 1.54) is 0 Å². The molecule has 0 aromatic heterocycles. The van der Waals surface area contributed by atoms with Crippen molar-refractivity contribution in [2.24, 2.45) is 5.92 Å². The Hall–Kier alpha value is -1.18. The van der Waals surface area contributed by atoms with E-state index in [0.717, 1.165) is 24.8 Å². The summed E-state index contributed by atoms with van der Waals surface area (Å²) < 4.78 is 14.4. The van der Waals surface area contributed by atoms with Gasteiger partial charge < -0.3 is 0 Å². The molecule has 0 amide bonds. The Bertz CT molecular complexity index is 401. The van der Waals surface area contributed by atoms with Crippen molar-refractivity contribution in [2.45, 2.75) is 58.5 Å². The average molecular weight is 264 g/mol. The van der Waals surface area contributed by atoms with E-state index in [9.17, 15) is 9.18 Å². The summed E-state index contributed by atoms with van der Waals surface area (Å²) in [6, 6.07) is 0. The number of allylic oxidation sites excluding steroid dienone is 5. The van der Waals surface area contributed by atoms with Crippen molar-refractivity contribution in [3.8, 4) is 0 Å². The molecule has 1 aliphatic carbocycles. The van der Waals surface area contributed by atoms with E-state index in [4.69, 9.17) is 0 Å². The molecule has 2 heteroatoms. The number of carbonyl (C=O) groups excluding carboxylic acids is 1. The van der Waals surface area contributed by atoms with Crippen LogP contribution in [0.2, 0.25) is 0 Å². The molecule has 0 aromatic rings. The summed E-state index contributed by atoms with van der Waals surface area (Å²) in [4.78, 5) is 12.3. The average Bonchev–Trinajstić information content (AvgIpc) is 2.30. The molecule has 106 valence electrons. The Morgan fingerprint density at radius 1 is 1.47 bits per heavy atom. The van der Waals surface area contributed by atoms with Crippen molar-refractivity contribution in [3.63, 3.8) is 0 Å². The molecule has 1 saturated carbocycles. The van der Waals surface area contributed by atoms with Gasteiger partial charge in [0.15, 0.2) is 5.78 Å². The maximum Gasteiger partial charge on any atom is 0.163 e. The van der Waals surface area contributed by atoms with Crippen LogP contribution in [0, 0.1) is 5.92 Å². The van der Waals surface area contributed by atoms with Gasteiger partial charge in [-0.25, -0.2) is 4.39 Å². The number of alkyl halides is 1. The van der Waals surface area contributed by atoms with Crippen LogP contribution in [0.4, 0.5) is 4.39 Å². The van der Waals surface area contributed by atoms with Crippen LogP contribution in [0.15, 0.2) is 36.0 Å². The van der Waals surface area contributed by atoms with E-state index in [1.54, 1.807) is 19.1 Å². The van der Waals surface area contributed by atoms with Crippen molar-refractivity contribution < 1.29 is 9.18 Å². The Morgan fingerprint density at radius 2 is 2.16 bits per heavy atom. The first-order chi connectivity index (χ1) is 8.86. The van der Waals surface area contributed by atoms with E-state index in [2.05, 4.69) is 6.58 Å². The van der Waals surface area contributed by atoms with Crippen molar-refractivity contribution in [1.82, 2.24) is 0 Å². The minimum atomic E-state index is -1.20. The molecule has 2 atom stereocenters. The van der Waals surface area contributed by atoms with Crippen LogP contribution >= 0.6 is 0 Å². The van der Waals surface area contributed by atoms with Gasteiger partial charge in [-0.05, 0) is 45.6 Å². The van der Waals surface area contributed by atoms with Gasteiger partial charge in [0.2, 0.25) is 0 Å². The lowest BCUT2D eigenvalue weighted by Crippen LogP contribution is -2.34. The summed E-state index contributed by atoms with van der Waals surface area (Å²) in [6.45, 7) is 9.17. The van der Waals surface area contributed by atoms with Crippen LogP contribution in [-0.2, 0) is 4.79 Å². The minimum Gasteiger partial charge on any atom is -0.294 e. The Morgan fingerprint density at radius 3 is 2.68 bits per heavy atom. The predicted octanol–water partition coefficient (Wildman–Crippen LogP) is 4.94. The van der Waals surface area contributed by atoms with E-state index in [-0.39, 0.29) is 11.7 Å². The SMILES string of the molecule is C=C(C)C=C(C=CC)C(=O)CC1CCCCC1(C)F. The topological polar surface area (TPSA) is 17.1 Å². The molecular weight excluding hydrogens is 239 g/mol. The second kappa shape index (κ2) is 6.83. The van der Waals surface area contributed by atoms with Gasteiger partial charge in [0.25, 0.3) is 0 Å². The third kappa shape index (κ3) is 4.77. The summed E-state index contributed by atoms with van der Waals surface area (Å²) in [5.74, 6) is -0.121.